The molecule has 0 aliphatic carbocycles. The highest BCUT2D eigenvalue weighted by Crippen LogP contribution is 2.16. The van der Waals surface area contributed by atoms with Crippen LogP contribution in [0.15, 0.2) is 60.8 Å². The van der Waals surface area contributed by atoms with E-state index in [9.17, 15) is 19.8 Å². The second kappa shape index (κ2) is 61.1. The summed E-state index contributed by atoms with van der Waals surface area (Å²) in [7, 11) is 0. The maximum Gasteiger partial charge on any atom is 0.305 e. The summed E-state index contributed by atoms with van der Waals surface area (Å²) in [6.07, 6.45) is 79.7. The highest BCUT2D eigenvalue weighted by molar-refractivity contribution is 5.76. The molecule has 3 N–H and O–H groups in total. The molecule has 0 spiro atoms. The van der Waals surface area contributed by atoms with Crippen molar-refractivity contribution in [3.63, 3.8) is 0 Å². The van der Waals surface area contributed by atoms with E-state index < -0.39 is 12.1 Å². The number of rotatable bonds is 58. The number of esters is 1. The maximum absolute atomic E-state index is 12.5. The first kappa shape index (κ1) is 69.6. The summed E-state index contributed by atoms with van der Waals surface area (Å²) in [6, 6.07) is -0.637. The summed E-state index contributed by atoms with van der Waals surface area (Å²) in [6.45, 7) is 4.85. The monoisotopic (exact) mass is 1010 g/mol. The Labute approximate surface area is 448 Å². The fourth-order valence-electron chi connectivity index (χ4n) is 9.42. The fourth-order valence-corrected chi connectivity index (χ4v) is 9.42. The number of amides is 1. The number of carbonyl (C=O) groups is 2. The van der Waals surface area contributed by atoms with Gasteiger partial charge in [0.25, 0.3) is 0 Å². The standard InChI is InChI=1S/C66H121NO5/c1-3-5-7-9-11-13-15-17-19-21-23-28-32-36-40-44-48-52-56-60-66(71)72-61-57-53-49-45-41-37-33-29-25-22-24-27-31-35-39-43-47-51-55-59-65(70)67-63(62-68)64(69)58-54-50-46-42-38-34-30-26-20-18-16-14-12-10-8-6-4-2/h11,13,17,19,29,33,37,41,54,58,63-64,68-69H,3-10,12,14-16,18,20-28,30-32,34-36,38-40,42-53,55-57,59-62H2,1-2H3,(H,67,70)/b13-11-,19-17-,33-29-,41-37-,58-54+. The first-order valence-corrected chi connectivity index (χ1v) is 31.6. The summed E-state index contributed by atoms with van der Waals surface area (Å²) in [4.78, 5) is 24.6. The summed E-state index contributed by atoms with van der Waals surface area (Å²) < 4.78 is 5.47. The predicted octanol–water partition coefficient (Wildman–Crippen LogP) is 19.9. The summed E-state index contributed by atoms with van der Waals surface area (Å²) >= 11 is 0. The van der Waals surface area contributed by atoms with Crippen LogP contribution in [0.5, 0.6) is 0 Å². The Bertz CT molecular complexity index is 1250. The van der Waals surface area contributed by atoms with Gasteiger partial charge >= 0.3 is 5.97 Å². The quantitative estimate of drug-likeness (QED) is 0.0244. The molecule has 420 valence electrons. The second-order valence-electron chi connectivity index (χ2n) is 21.4. The van der Waals surface area contributed by atoms with Crippen molar-refractivity contribution >= 4 is 11.9 Å². The zero-order valence-electron chi connectivity index (χ0n) is 47.9. The molecule has 0 aliphatic heterocycles. The number of nitrogens with one attached hydrogen (secondary N) is 1. The molecule has 0 aliphatic rings. The average molecular weight is 1010 g/mol. The number of aliphatic hydroxyl groups excluding tert-OH is 2. The minimum absolute atomic E-state index is 0.0183. The van der Waals surface area contributed by atoms with Gasteiger partial charge in [0.05, 0.1) is 25.4 Å². The molecule has 0 bridgehead atoms. The van der Waals surface area contributed by atoms with Crippen LogP contribution < -0.4 is 5.32 Å². The third kappa shape index (κ3) is 56.8. The highest BCUT2D eigenvalue weighted by Gasteiger charge is 2.18. The van der Waals surface area contributed by atoms with Crippen molar-refractivity contribution in [2.45, 2.75) is 334 Å². The molecule has 0 fully saturated rings. The van der Waals surface area contributed by atoms with Crippen LogP contribution in [0.2, 0.25) is 0 Å². The van der Waals surface area contributed by atoms with Crippen LogP contribution in [-0.2, 0) is 14.3 Å². The number of allylic oxidation sites excluding steroid dienone is 9. The first-order chi connectivity index (χ1) is 35.5. The van der Waals surface area contributed by atoms with Crippen molar-refractivity contribution in [3.05, 3.63) is 60.8 Å². The number of unbranched alkanes of at least 4 members (excludes halogenated alkanes) is 40. The van der Waals surface area contributed by atoms with Crippen molar-refractivity contribution in [3.8, 4) is 0 Å². The molecule has 1 amide bonds. The van der Waals surface area contributed by atoms with E-state index in [1.165, 1.54) is 212 Å². The van der Waals surface area contributed by atoms with Crippen molar-refractivity contribution < 1.29 is 24.5 Å². The molecule has 0 aromatic heterocycles. The molecule has 2 atom stereocenters. The Morgan fingerprint density at radius 3 is 1.17 bits per heavy atom. The Morgan fingerprint density at radius 2 is 0.736 bits per heavy atom. The fraction of sp³-hybridized carbons (Fsp3) is 0.818. The number of ether oxygens (including phenoxy) is 1. The average Bonchev–Trinajstić information content (AvgIpc) is 3.38. The van der Waals surface area contributed by atoms with Gasteiger partial charge < -0.3 is 20.3 Å². The lowest BCUT2D eigenvalue weighted by molar-refractivity contribution is -0.143. The lowest BCUT2D eigenvalue weighted by Crippen LogP contribution is -2.45. The van der Waals surface area contributed by atoms with Crippen LogP contribution in [-0.4, -0.2) is 47.4 Å². The molecule has 6 heteroatoms. The largest absolute Gasteiger partial charge is 0.466 e. The Hall–Kier alpha value is -2.44. The molecule has 6 nitrogen and oxygen atoms in total. The molecule has 0 heterocycles. The molecule has 2 unspecified atom stereocenters. The first-order valence-electron chi connectivity index (χ1n) is 31.6. The summed E-state index contributed by atoms with van der Waals surface area (Å²) in [5, 5.41) is 23.2. The van der Waals surface area contributed by atoms with Crippen LogP contribution in [0.3, 0.4) is 0 Å². The minimum Gasteiger partial charge on any atom is -0.466 e. The lowest BCUT2D eigenvalue weighted by Gasteiger charge is -2.20. The SMILES string of the molecule is CCCCC/C=C\C/C=C\CCCCCCCCCCCC(=O)OCCCCC/C=C\C=C/CCCCCCCCCCCCC(=O)NC(CO)C(O)/C=C/CCCCCCCCCCCCCCCCC. The molecular weight excluding hydrogens is 887 g/mol. The Balaban J connectivity index is 3.50. The normalized spacial score (nSPS) is 13.0. The zero-order valence-corrected chi connectivity index (χ0v) is 47.9. The molecular formula is C66H121NO5. The van der Waals surface area contributed by atoms with Crippen molar-refractivity contribution in [2.24, 2.45) is 0 Å². The lowest BCUT2D eigenvalue weighted by atomic mass is 10.0. The van der Waals surface area contributed by atoms with Crippen LogP contribution in [0.4, 0.5) is 0 Å². The van der Waals surface area contributed by atoms with Crippen LogP contribution in [0.1, 0.15) is 322 Å². The van der Waals surface area contributed by atoms with Crippen LogP contribution >= 0.6 is 0 Å². The number of hydrogen-bond donors (Lipinski definition) is 3. The van der Waals surface area contributed by atoms with Gasteiger partial charge in [0.2, 0.25) is 5.91 Å². The van der Waals surface area contributed by atoms with E-state index in [-0.39, 0.29) is 18.5 Å². The predicted molar refractivity (Wildman–Crippen MR) is 315 cm³/mol. The van der Waals surface area contributed by atoms with Gasteiger partial charge in [-0.3, -0.25) is 9.59 Å². The second-order valence-corrected chi connectivity index (χ2v) is 21.4. The Morgan fingerprint density at radius 1 is 0.403 bits per heavy atom. The van der Waals surface area contributed by atoms with Gasteiger partial charge in [0.1, 0.15) is 0 Å². The number of hydrogen-bond acceptors (Lipinski definition) is 5. The summed E-state index contributed by atoms with van der Waals surface area (Å²) in [5.41, 5.74) is 0. The van der Waals surface area contributed by atoms with Crippen LogP contribution in [0.25, 0.3) is 0 Å². The molecule has 0 aromatic rings. The van der Waals surface area contributed by atoms with E-state index in [1.54, 1.807) is 6.08 Å². The van der Waals surface area contributed by atoms with Gasteiger partial charge in [-0.2, -0.15) is 0 Å². The molecule has 0 radical (unpaired) electrons. The van der Waals surface area contributed by atoms with Gasteiger partial charge in [-0.05, 0) is 96.3 Å². The van der Waals surface area contributed by atoms with Gasteiger partial charge in [0, 0.05) is 12.8 Å². The topological polar surface area (TPSA) is 95.9 Å². The molecule has 0 aromatic carbocycles. The molecule has 0 rings (SSSR count). The van der Waals surface area contributed by atoms with Gasteiger partial charge in [-0.25, -0.2) is 0 Å². The third-order valence-corrected chi connectivity index (χ3v) is 14.3. The van der Waals surface area contributed by atoms with E-state index in [2.05, 4.69) is 67.8 Å². The van der Waals surface area contributed by atoms with E-state index in [0.717, 1.165) is 83.5 Å². The van der Waals surface area contributed by atoms with Crippen molar-refractivity contribution in [1.82, 2.24) is 5.32 Å². The highest BCUT2D eigenvalue weighted by atomic mass is 16.5. The van der Waals surface area contributed by atoms with E-state index >= 15 is 0 Å². The smallest absolute Gasteiger partial charge is 0.305 e. The van der Waals surface area contributed by atoms with Crippen molar-refractivity contribution in [1.29, 1.82) is 0 Å². The van der Waals surface area contributed by atoms with E-state index in [4.69, 9.17) is 4.74 Å². The molecule has 0 saturated carbocycles. The van der Waals surface area contributed by atoms with Gasteiger partial charge in [-0.15, -0.1) is 0 Å². The zero-order chi connectivity index (χ0) is 52.2. The van der Waals surface area contributed by atoms with E-state index in [1.807, 2.05) is 6.08 Å². The van der Waals surface area contributed by atoms with Gasteiger partial charge in [0.15, 0.2) is 0 Å². The van der Waals surface area contributed by atoms with Crippen LogP contribution in [0, 0.1) is 0 Å². The minimum atomic E-state index is -0.853. The number of carbonyl (C=O) groups excluding carboxylic acids is 2. The van der Waals surface area contributed by atoms with Gasteiger partial charge in [-0.1, -0.05) is 274 Å². The number of aliphatic hydroxyl groups is 2. The van der Waals surface area contributed by atoms with E-state index in [0.29, 0.717) is 19.4 Å². The molecule has 0 saturated heterocycles. The Kier molecular flexibility index (Phi) is 59.0. The van der Waals surface area contributed by atoms with Crippen molar-refractivity contribution in [2.75, 3.05) is 13.2 Å². The third-order valence-electron chi connectivity index (χ3n) is 14.3. The summed E-state index contributed by atoms with van der Waals surface area (Å²) in [5.74, 6) is -0.0956. The maximum atomic E-state index is 12.5. The molecule has 72 heavy (non-hydrogen) atoms.